The lowest BCUT2D eigenvalue weighted by Crippen LogP contribution is -2.54. The van der Waals surface area contributed by atoms with Crippen LogP contribution in [0.4, 0.5) is 30.7 Å². The van der Waals surface area contributed by atoms with Gasteiger partial charge < -0.3 is 4.90 Å². The lowest BCUT2D eigenvalue weighted by Gasteiger charge is -2.43. The minimum Gasteiger partial charge on any atom is -0.337 e. The number of fused-ring (bicyclic) bond motifs is 3. The minimum atomic E-state index is -6.33. The number of sulfone groups is 1. The fraction of sp³-hybridized carbons (Fsp3) is 0.516. The molecule has 1 aliphatic carbocycles. The number of benzene rings is 2. The molecule has 2 aliphatic heterocycles. The van der Waals surface area contributed by atoms with Crippen LogP contribution in [-0.4, -0.2) is 59.9 Å². The Labute approximate surface area is 259 Å². The fourth-order valence-electron chi connectivity index (χ4n) is 7.26. The molecule has 14 heteroatoms. The van der Waals surface area contributed by atoms with Gasteiger partial charge in [0.1, 0.15) is 4.75 Å². The molecule has 0 bridgehead atoms. The molecule has 0 spiro atoms. The minimum absolute atomic E-state index is 0.0233. The van der Waals surface area contributed by atoms with Gasteiger partial charge in [-0.3, -0.25) is 9.00 Å². The first-order chi connectivity index (χ1) is 20.8. The highest BCUT2D eigenvalue weighted by Gasteiger charge is 2.74. The van der Waals surface area contributed by atoms with E-state index < -0.39 is 60.9 Å². The van der Waals surface area contributed by atoms with Crippen molar-refractivity contribution in [2.45, 2.75) is 79.7 Å². The number of hydrogen-bond acceptors (Lipinski definition) is 4. The number of nitrogens with zero attached hydrogens (tertiary/aromatic N) is 1. The summed E-state index contributed by atoms with van der Waals surface area (Å²) >= 11 is 0. The monoisotopic (exact) mass is 679 g/mol. The van der Waals surface area contributed by atoms with Crippen molar-refractivity contribution in [3.63, 3.8) is 0 Å². The maximum atomic E-state index is 15.1. The Bertz CT molecular complexity index is 1660. The Hall–Kier alpha value is -2.74. The molecule has 0 aromatic heterocycles. The predicted molar refractivity (Wildman–Crippen MR) is 155 cm³/mol. The van der Waals surface area contributed by atoms with E-state index in [1.54, 1.807) is 19.9 Å². The van der Waals surface area contributed by atoms with Gasteiger partial charge in [-0.1, -0.05) is 36.4 Å². The Morgan fingerprint density at radius 3 is 2.16 bits per heavy atom. The van der Waals surface area contributed by atoms with Crippen LogP contribution in [0, 0.1) is 12.8 Å². The number of alkyl halides is 7. The molecular formula is C31H32F7NO4S2. The van der Waals surface area contributed by atoms with E-state index in [0.717, 1.165) is 6.07 Å². The van der Waals surface area contributed by atoms with E-state index >= 15 is 4.39 Å². The van der Waals surface area contributed by atoms with Crippen LogP contribution in [0.2, 0.25) is 0 Å². The molecule has 2 fully saturated rings. The molecule has 2 atom stereocenters. The third-order valence-electron chi connectivity index (χ3n) is 9.53. The Morgan fingerprint density at radius 2 is 1.60 bits per heavy atom. The SMILES string of the molecule is C=C(C)c1ccc(S(=O)(=O)C23CCN(C(=O)C4CCS(=O)CC4)C2CCc2cc(C(F)(C(F)(F)F)C(F)(F)F)ccc23)cc1C. The third-order valence-corrected chi connectivity index (χ3v) is 13.4. The Morgan fingerprint density at radius 1 is 0.978 bits per heavy atom. The van der Waals surface area contributed by atoms with Crippen molar-refractivity contribution in [1.29, 1.82) is 0 Å². The van der Waals surface area contributed by atoms with Crippen molar-refractivity contribution in [1.82, 2.24) is 4.90 Å². The summed E-state index contributed by atoms with van der Waals surface area (Å²) in [6.45, 7) is 7.29. The zero-order chi connectivity index (χ0) is 33.3. The number of allylic oxidation sites excluding steroid dienone is 1. The van der Waals surface area contributed by atoms with Gasteiger partial charge in [-0.15, -0.1) is 0 Å². The number of likely N-dealkylation sites (tertiary alicyclic amines) is 1. The molecular weight excluding hydrogens is 647 g/mol. The van der Waals surface area contributed by atoms with E-state index in [1.165, 1.54) is 17.0 Å². The number of carbonyl (C=O) groups excluding carboxylic acids is 1. The van der Waals surface area contributed by atoms with Gasteiger partial charge in [0, 0.05) is 40.3 Å². The molecule has 0 radical (unpaired) electrons. The summed E-state index contributed by atoms with van der Waals surface area (Å²) in [5.41, 5.74) is -5.59. The van der Waals surface area contributed by atoms with Crippen molar-refractivity contribution in [3.05, 3.63) is 70.8 Å². The standard InChI is InChI=1S/C31H32F7NO4S2/c1-18(2)24-7-6-23(16-19(24)3)45(42,43)28-12-13-39(27(40)20-10-14-44(41)15-11-20)26(28)9-4-21-17-22(5-8-25(21)28)29(32,30(33,34)35)31(36,37)38/h5-8,16-17,20,26H,1,4,9-15H2,2-3H3. The average molecular weight is 680 g/mol. The van der Waals surface area contributed by atoms with E-state index in [1.807, 2.05) is 0 Å². The summed E-state index contributed by atoms with van der Waals surface area (Å²) in [7, 11) is -5.52. The molecule has 1 amide bonds. The van der Waals surface area contributed by atoms with Crippen LogP contribution in [0.1, 0.15) is 60.4 Å². The van der Waals surface area contributed by atoms with Crippen LogP contribution in [0.5, 0.6) is 0 Å². The van der Waals surface area contributed by atoms with Crippen LogP contribution < -0.4 is 0 Å². The number of aryl methyl sites for hydroxylation is 2. The first-order valence-corrected chi connectivity index (χ1v) is 17.4. The smallest absolute Gasteiger partial charge is 0.337 e. The number of hydrogen-bond donors (Lipinski definition) is 0. The molecule has 2 saturated heterocycles. The summed E-state index contributed by atoms with van der Waals surface area (Å²) in [6, 6.07) is 5.09. The van der Waals surface area contributed by atoms with E-state index in [9.17, 15) is 43.8 Å². The lowest BCUT2D eigenvalue weighted by atomic mass is 9.76. The van der Waals surface area contributed by atoms with Gasteiger partial charge >= 0.3 is 18.0 Å². The lowest BCUT2D eigenvalue weighted by molar-refractivity contribution is -0.348. The number of halogens is 7. The predicted octanol–water partition coefficient (Wildman–Crippen LogP) is 6.69. The molecule has 5 nitrogen and oxygen atoms in total. The van der Waals surface area contributed by atoms with Crippen molar-refractivity contribution in [2.75, 3.05) is 18.1 Å². The van der Waals surface area contributed by atoms with Crippen molar-refractivity contribution >= 4 is 32.1 Å². The van der Waals surface area contributed by atoms with Crippen molar-refractivity contribution in [3.8, 4) is 0 Å². The molecule has 2 unspecified atom stereocenters. The first kappa shape index (κ1) is 33.6. The van der Waals surface area contributed by atoms with Crippen LogP contribution in [0.25, 0.3) is 5.57 Å². The van der Waals surface area contributed by atoms with Gasteiger partial charge in [0.25, 0.3) is 0 Å². The van der Waals surface area contributed by atoms with Crippen molar-refractivity contribution in [2.24, 2.45) is 5.92 Å². The number of carbonyl (C=O) groups is 1. The molecule has 0 saturated carbocycles. The molecule has 246 valence electrons. The zero-order valence-electron chi connectivity index (χ0n) is 24.5. The van der Waals surface area contributed by atoms with Crippen molar-refractivity contribution < 1.29 is 48.2 Å². The summed E-state index contributed by atoms with van der Waals surface area (Å²) < 4.78 is 136. The fourth-order valence-corrected chi connectivity index (χ4v) is 11.0. The van der Waals surface area contributed by atoms with E-state index in [4.69, 9.17) is 0 Å². The molecule has 2 aromatic carbocycles. The van der Waals surface area contributed by atoms with Gasteiger partial charge in [0.05, 0.1) is 10.9 Å². The molecule has 2 heterocycles. The molecule has 2 aromatic rings. The summed E-state index contributed by atoms with van der Waals surface area (Å²) in [4.78, 5) is 15.1. The summed E-state index contributed by atoms with van der Waals surface area (Å²) in [6.07, 6.45) is -12.4. The zero-order valence-corrected chi connectivity index (χ0v) is 26.2. The molecule has 3 aliphatic rings. The maximum Gasteiger partial charge on any atom is 0.435 e. The van der Waals surface area contributed by atoms with Crippen LogP contribution in [0.3, 0.4) is 0 Å². The maximum absolute atomic E-state index is 15.1. The van der Waals surface area contributed by atoms with Gasteiger partial charge in [-0.05, 0) is 80.3 Å². The summed E-state index contributed by atoms with van der Waals surface area (Å²) in [5.74, 6) is -0.170. The number of rotatable bonds is 5. The summed E-state index contributed by atoms with van der Waals surface area (Å²) in [5, 5.41) is 0. The average Bonchev–Trinajstić information content (AvgIpc) is 3.36. The quantitative estimate of drug-likeness (QED) is 0.331. The third kappa shape index (κ3) is 5.14. The highest BCUT2D eigenvalue weighted by molar-refractivity contribution is 7.92. The van der Waals surface area contributed by atoms with E-state index in [-0.39, 0.29) is 47.7 Å². The van der Waals surface area contributed by atoms with Gasteiger partial charge in [0.2, 0.25) is 5.91 Å². The van der Waals surface area contributed by atoms with Crippen LogP contribution in [-0.2, 0) is 42.3 Å². The Balaban J connectivity index is 1.69. The Kier molecular flexibility index (Phi) is 8.37. The second kappa shape index (κ2) is 11.2. The van der Waals surface area contributed by atoms with Crippen LogP contribution in [0.15, 0.2) is 47.9 Å². The van der Waals surface area contributed by atoms with Gasteiger partial charge in [-0.25, -0.2) is 12.8 Å². The van der Waals surface area contributed by atoms with Gasteiger partial charge in [0.15, 0.2) is 9.84 Å². The normalized spacial score (nSPS) is 25.9. The first-order valence-electron chi connectivity index (χ1n) is 14.4. The topological polar surface area (TPSA) is 71.5 Å². The second-order valence-electron chi connectivity index (χ2n) is 12.1. The highest BCUT2D eigenvalue weighted by Crippen LogP contribution is 2.57. The molecule has 45 heavy (non-hydrogen) atoms. The van der Waals surface area contributed by atoms with E-state index in [0.29, 0.717) is 53.2 Å². The number of amides is 1. The molecule has 5 rings (SSSR count). The van der Waals surface area contributed by atoms with E-state index in [2.05, 4.69) is 6.58 Å². The van der Waals surface area contributed by atoms with Gasteiger partial charge in [-0.2, -0.15) is 26.3 Å². The second-order valence-corrected chi connectivity index (χ2v) is 16.0. The van der Waals surface area contributed by atoms with Crippen LogP contribution >= 0.6 is 0 Å². The highest BCUT2D eigenvalue weighted by atomic mass is 32.2. The molecule has 0 N–H and O–H groups in total. The largest absolute Gasteiger partial charge is 0.435 e.